The van der Waals surface area contributed by atoms with Crippen LogP contribution in [-0.4, -0.2) is 62.4 Å². The standard InChI is InChI=1S/C19H23NO6/c1-24-12-19(18(22)23)6-3-7-20(11-19)17(21)14-8-13-9-15(25-2)4-5-16(13)26-10-14/h4-5,8-9H,3,6-7,10-12H2,1-2H3,(H,22,23). The number of rotatable bonds is 5. The van der Waals surface area contributed by atoms with Crippen molar-refractivity contribution in [2.24, 2.45) is 5.41 Å². The number of carboxylic acid groups (broad SMARTS) is 1. The summed E-state index contributed by atoms with van der Waals surface area (Å²) in [5, 5.41) is 9.65. The van der Waals surface area contributed by atoms with Crippen molar-refractivity contribution in [2.45, 2.75) is 12.8 Å². The second-order valence-electron chi connectivity index (χ2n) is 6.71. The quantitative estimate of drug-likeness (QED) is 0.861. The molecule has 1 fully saturated rings. The first-order valence-corrected chi connectivity index (χ1v) is 8.52. The van der Waals surface area contributed by atoms with Gasteiger partial charge in [-0.25, -0.2) is 0 Å². The number of ether oxygens (including phenoxy) is 3. The van der Waals surface area contributed by atoms with Gasteiger partial charge in [-0.15, -0.1) is 0 Å². The minimum atomic E-state index is -1.06. The maximum Gasteiger partial charge on any atom is 0.313 e. The zero-order valence-corrected chi connectivity index (χ0v) is 15.0. The van der Waals surface area contributed by atoms with Gasteiger partial charge in [-0.05, 0) is 37.1 Å². The smallest absolute Gasteiger partial charge is 0.313 e. The molecule has 7 heteroatoms. The normalized spacial score (nSPS) is 22.1. The second kappa shape index (κ2) is 7.37. The first kappa shape index (κ1) is 18.3. The monoisotopic (exact) mass is 361 g/mol. The van der Waals surface area contributed by atoms with E-state index in [0.29, 0.717) is 36.5 Å². The number of amides is 1. The predicted octanol–water partition coefficient (Wildman–Crippen LogP) is 1.81. The number of aliphatic carboxylic acids is 1. The van der Waals surface area contributed by atoms with Gasteiger partial charge in [-0.1, -0.05) is 0 Å². The molecule has 0 aliphatic carbocycles. The number of carboxylic acids is 1. The van der Waals surface area contributed by atoms with Gasteiger partial charge in [0.25, 0.3) is 5.91 Å². The molecule has 1 N–H and O–H groups in total. The lowest BCUT2D eigenvalue weighted by molar-refractivity contribution is -0.158. The van der Waals surface area contributed by atoms with Gasteiger partial charge in [0, 0.05) is 25.8 Å². The van der Waals surface area contributed by atoms with Crippen molar-refractivity contribution in [3.63, 3.8) is 0 Å². The third kappa shape index (κ3) is 3.39. The Morgan fingerprint density at radius 2 is 2.15 bits per heavy atom. The van der Waals surface area contributed by atoms with Crippen LogP contribution in [0.1, 0.15) is 18.4 Å². The highest BCUT2D eigenvalue weighted by Crippen LogP contribution is 2.34. The third-order valence-electron chi connectivity index (χ3n) is 4.94. The Bertz CT molecular complexity index is 740. The number of piperidine rings is 1. The van der Waals surface area contributed by atoms with Crippen LogP contribution in [0, 0.1) is 5.41 Å². The van der Waals surface area contributed by atoms with Crippen molar-refractivity contribution >= 4 is 18.0 Å². The van der Waals surface area contributed by atoms with Crippen molar-refractivity contribution in [3.05, 3.63) is 29.3 Å². The van der Waals surface area contributed by atoms with E-state index in [4.69, 9.17) is 14.2 Å². The van der Waals surface area contributed by atoms with E-state index in [0.717, 1.165) is 5.56 Å². The molecule has 0 spiro atoms. The average Bonchev–Trinajstić information content (AvgIpc) is 2.66. The zero-order valence-electron chi connectivity index (χ0n) is 15.0. The zero-order chi connectivity index (χ0) is 18.7. The summed E-state index contributed by atoms with van der Waals surface area (Å²) < 4.78 is 16.0. The Morgan fingerprint density at radius 1 is 1.35 bits per heavy atom. The lowest BCUT2D eigenvalue weighted by Gasteiger charge is -2.39. The molecule has 26 heavy (non-hydrogen) atoms. The van der Waals surface area contributed by atoms with Crippen LogP contribution < -0.4 is 9.47 Å². The van der Waals surface area contributed by atoms with Gasteiger partial charge in [0.2, 0.25) is 0 Å². The van der Waals surface area contributed by atoms with E-state index in [9.17, 15) is 14.7 Å². The average molecular weight is 361 g/mol. The number of carbonyl (C=O) groups is 2. The summed E-state index contributed by atoms with van der Waals surface area (Å²) in [5.41, 5.74) is 0.224. The molecule has 1 atom stereocenters. The van der Waals surface area contributed by atoms with Gasteiger partial charge in [0.15, 0.2) is 0 Å². The molecule has 1 aromatic rings. The Kier molecular flexibility index (Phi) is 5.18. The molecular weight excluding hydrogens is 338 g/mol. The SMILES string of the molecule is COCC1(C(=O)O)CCCN(C(=O)C2=Cc3cc(OC)ccc3OC2)C1. The predicted molar refractivity (Wildman–Crippen MR) is 94.2 cm³/mol. The summed E-state index contributed by atoms with van der Waals surface area (Å²) in [6.07, 6.45) is 2.91. The lowest BCUT2D eigenvalue weighted by atomic mass is 9.80. The van der Waals surface area contributed by atoms with E-state index in [1.54, 1.807) is 30.2 Å². The number of fused-ring (bicyclic) bond motifs is 1. The Balaban J connectivity index is 1.82. The van der Waals surface area contributed by atoms with E-state index in [1.807, 2.05) is 6.07 Å². The van der Waals surface area contributed by atoms with Crippen molar-refractivity contribution in [1.82, 2.24) is 4.90 Å². The van der Waals surface area contributed by atoms with E-state index >= 15 is 0 Å². The first-order chi connectivity index (χ1) is 12.5. The fraction of sp³-hybridized carbons (Fsp3) is 0.474. The van der Waals surface area contributed by atoms with Gasteiger partial charge in [-0.3, -0.25) is 9.59 Å². The number of hydrogen-bond donors (Lipinski definition) is 1. The van der Waals surface area contributed by atoms with Crippen molar-refractivity contribution < 1.29 is 28.9 Å². The maximum absolute atomic E-state index is 12.9. The summed E-state index contributed by atoms with van der Waals surface area (Å²) in [4.78, 5) is 26.3. The van der Waals surface area contributed by atoms with E-state index in [1.165, 1.54) is 7.11 Å². The molecule has 1 aromatic carbocycles. The van der Waals surface area contributed by atoms with Crippen LogP contribution in [0.15, 0.2) is 23.8 Å². The fourth-order valence-corrected chi connectivity index (χ4v) is 3.54. The van der Waals surface area contributed by atoms with Crippen LogP contribution in [0.25, 0.3) is 6.08 Å². The molecular formula is C19H23NO6. The summed E-state index contributed by atoms with van der Waals surface area (Å²) in [6, 6.07) is 5.42. The molecule has 0 aromatic heterocycles. The fourth-order valence-electron chi connectivity index (χ4n) is 3.54. The number of benzene rings is 1. The highest BCUT2D eigenvalue weighted by atomic mass is 16.5. The topological polar surface area (TPSA) is 85.3 Å². The number of hydrogen-bond acceptors (Lipinski definition) is 5. The first-order valence-electron chi connectivity index (χ1n) is 8.52. The summed E-state index contributed by atoms with van der Waals surface area (Å²) in [5.74, 6) is 0.251. The van der Waals surface area contributed by atoms with Gasteiger partial charge in [-0.2, -0.15) is 0 Å². The van der Waals surface area contributed by atoms with E-state index in [2.05, 4.69) is 0 Å². The lowest BCUT2D eigenvalue weighted by Crippen LogP contribution is -2.52. The van der Waals surface area contributed by atoms with Crippen molar-refractivity contribution in [3.8, 4) is 11.5 Å². The van der Waals surface area contributed by atoms with E-state index < -0.39 is 11.4 Å². The minimum Gasteiger partial charge on any atom is -0.497 e. The Morgan fingerprint density at radius 3 is 2.85 bits per heavy atom. The molecule has 2 aliphatic heterocycles. The Hall–Kier alpha value is -2.54. The van der Waals surface area contributed by atoms with Crippen molar-refractivity contribution in [1.29, 1.82) is 0 Å². The largest absolute Gasteiger partial charge is 0.497 e. The number of nitrogens with zero attached hydrogens (tertiary/aromatic N) is 1. The van der Waals surface area contributed by atoms with Gasteiger partial charge >= 0.3 is 5.97 Å². The molecule has 2 aliphatic rings. The van der Waals surface area contributed by atoms with Crippen molar-refractivity contribution in [2.75, 3.05) is 40.5 Å². The second-order valence-corrected chi connectivity index (χ2v) is 6.71. The molecule has 0 bridgehead atoms. The maximum atomic E-state index is 12.9. The van der Waals surface area contributed by atoms with Crippen LogP contribution in [0.2, 0.25) is 0 Å². The van der Waals surface area contributed by atoms with Crippen LogP contribution >= 0.6 is 0 Å². The third-order valence-corrected chi connectivity index (χ3v) is 4.94. The van der Waals surface area contributed by atoms with Crippen LogP contribution in [-0.2, 0) is 14.3 Å². The van der Waals surface area contributed by atoms with Gasteiger partial charge in [0.05, 0.1) is 19.3 Å². The molecule has 140 valence electrons. The molecule has 3 rings (SSSR count). The number of likely N-dealkylation sites (tertiary alicyclic amines) is 1. The molecule has 0 radical (unpaired) electrons. The summed E-state index contributed by atoms with van der Waals surface area (Å²) in [7, 11) is 3.06. The van der Waals surface area contributed by atoms with Crippen LogP contribution in [0.4, 0.5) is 0 Å². The van der Waals surface area contributed by atoms with Gasteiger partial charge < -0.3 is 24.2 Å². The number of carbonyl (C=O) groups excluding carboxylic acids is 1. The molecule has 2 heterocycles. The van der Waals surface area contributed by atoms with Gasteiger partial charge in [0.1, 0.15) is 23.5 Å². The molecule has 0 saturated carbocycles. The highest BCUT2D eigenvalue weighted by molar-refractivity contribution is 5.99. The van der Waals surface area contributed by atoms with Crippen LogP contribution in [0.3, 0.4) is 0 Å². The van der Waals surface area contributed by atoms with E-state index in [-0.39, 0.29) is 25.7 Å². The minimum absolute atomic E-state index is 0.0850. The molecule has 1 saturated heterocycles. The van der Waals surface area contributed by atoms with Crippen LogP contribution in [0.5, 0.6) is 11.5 Å². The molecule has 1 amide bonds. The Labute approximate surface area is 152 Å². The number of methoxy groups -OCH3 is 2. The molecule has 7 nitrogen and oxygen atoms in total. The summed E-state index contributed by atoms with van der Waals surface area (Å²) in [6.45, 7) is 0.915. The summed E-state index contributed by atoms with van der Waals surface area (Å²) >= 11 is 0. The molecule has 1 unspecified atom stereocenters. The highest BCUT2D eigenvalue weighted by Gasteiger charge is 2.44.